The molecular weight excluding hydrogens is 256 g/mol. The van der Waals surface area contributed by atoms with Crippen LogP contribution in [0.1, 0.15) is 34.8 Å². The van der Waals surface area contributed by atoms with E-state index >= 15 is 0 Å². The van der Waals surface area contributed by atoms with Crippen LogP contribution in [0.4, 0.5) is 0 Å². The molecule has 2 heterocycles. The van der Waals surface area contributed by atoms with Crippen molar-refractivity contribution in [1.29, 1.82) is 0 Å². The summed E-state index contributed by atoms with van der Waals surface area (Å²) in [6.45, 7) is 4.02. The Hall–Kier alpha value is -1.88. The molecule has 1 aromatic carbocycles. The Bertz CT molecular complexity index is 570. The van der Waals surface area contributed by atoms with E-state index in [0.29, 0.717) is 12.1 Å². The van der Waals surface area contributed by atoms with Gasteiger partial charge >= 0.3 is 5.97 Å². The van der Waals surface area contributed by atoms with Gasteiger partial charge in [0.2, 0.25) is 0 Å². The Kier molecular flexibility index (Phi) is 3.22. The second-order valence-electron chi connectivity index (χ2n) is 5.63. The number of amides is 1. The van der Waals surface area contributed by atoms with Gasteiger partial charge in [-0.3, -0.25) is 4.79 Å². The first kappa shape index (κ1) is 13.1. The number of carboxylic acid groups (broad SMARTS) is 1. The smallest absolute Gasteiger partial charge is 0.326 e. The van der Waals surface area contributed by atoms with Crippen LogP contribution >= 0.6 is 0 Å². The average Bonchev–Trinajstić information content (AvgIpc) is 3.02. The Balaban J connectivity index is 1.87. The SMILES string of the molecule is CC1CCN(C(=O)c2ccc3c(c2)CNC3)C1C(=O)O. The molecule has 20 heavy (non-hydrogen) atoms. The van der Waals surface area contributed by atoms with Crippen LogP contribution in [0.25, 0.3) is 0 Å². The summed E-state index contributed by atoms with van der Waals surface area (Å²) in [5.41, 5.74) is 2.94. The van der Waals surface area contributed by atoms with E-state index in [9.17, 15) is 14.7 Å². The van der Waals surface area contributed by atoms with E-state index in [-0.39, 0.29) is 11.8 Å². The van der Waals surface area contributed by atoms with Crippen molar-refractivity contribution in [3.05, 3.63) is 34.9 Å². The number of hydrogen-bond acceptors (Lipinski definition) is 3. The van der Waals surface area contributed by atoms with Crippen LogP contribution in [0.5, 0.6) is 0 Å². The van der Waals surface area contributed by atoms with Crippen LogP contribution in [0.2, 0.25) is 0 Å². The molecule has 1 fully saturated rings. The van der Waals surface area contributed by atoms with Gasteiger partial charge in [0.25, 0.3) is 5.91 Å². The summed E-state index contributed by atoms with van der Waals surface area (Å²) >= 11 is 0. The first-order valence-corrected chi connectivity index (χ1v) is 6.94. The van der Waals surface area contributed by atoms with E-state index in [4.69, 9.17) is 0 Å². The molecule has 1 amide bonds. The minimum atomic E-state index is -0.911. The third-order valence-electron chi connectivity index (χ3n) is 4.30. The highest BCUT2D eigenvalue weighted by molar-refractivity contribution is 5.97. The van der Waals surface area contributed by atoms with E-state index in [1.807, 2.05) is 19.1 Å². The molecule has 0 saturated carbocycles. The van der Waals surface area contributed by atoms with Gasteiger partial charge in [-0.1, -0.05) is 13.0 Å². The van der Waals surface area contributed by atoms with Gasteiger partial charge in [-0.15, -0.1) is 0 Å². The second-order valence-corrected chi connectivity index (χ2v) is 5.63. The van der Waals surface area contributed by atoms with E-state index in [0.717, 1.165) is 25.1 Å². The number of carbonyl (C=O) groups is 2. The van der Waals surface area contributed by atoms with Crippen molar-refractivity contribution in [2.24, 2.45) is 5.92 Å². The molecule has 0 radical (unpaired) electrons. The first-order chi connectivity index (χ1) is 9.58. The van der Waals surface area contributed by atoms with Gasteiger partial charge in [0.1, 0.15) is 6.04 Å². The maximum atomic E-state index is 12.5. The number of fused-ring (bicyclic) bond motifs is 1. The Morgan fingerprint density at radius 3 is 2.80 bits per heavy atom. The molecule has 106 valence electrons. The maximum Gasteiger partial charge on any atom is 0.326 e. The van der Waals surface area contributed by atoms with Crippen LogP contribution in [0.3, 0.4) is 0 Å². The van der Waals surface area contributed by atoms with Gasteiger partial charge in [0.15, 0.2) is 0 Å². The predicted octanol–water partition coefficient (Wildman–Crippen LogP) is 1.23. The van der Waals surface area contributed by atoms with Crippen molar-refractivity contribution < 1.29 is 14.7 Å². The Morgan fingerprint density at radius 2 is 2.05 bits per heavy atom. The van der Waals surface area contributed by atoms with E-state index < -0.39 is 12.0 Å². The third kappa shape index (κ3) is 2.08. The highest BCUT2D eigenvalue weighted by Crippen LogP contribution is 2.27. The lowest BCUT2D eigenvalue weighted by Gasteiger charge is -2.23. The van der Waals surface area contributed by atoms with E-state index in [1.54, 1.807) is 6.07 Å². The summed E-state index contributed by atoms with van der Waals surface area (Å²) < 4.78 is 0. The lowest BCUT2D eigenvalue weighted by molar-refractivity contribution is -0.142. The highest BCUT2D eigenvalue weighted by atomic mass is 16.4. The Morgan fingerprint density at radius 1 is 1.30 bits per heavy atom. The minimum Gasteiger partial charge on any atom is -0.480 e. The van der Waals surface area contributed by atoms with Crippen molar-refractivity contribution in [2.45, 2.75) is 32.5 Å². The zero-order chi connectivity index (χ0) is 14.3. The number of carboxylic acids is 1. The number of benzene rings is 1. The number of likely N-dealkylation sites (tertiary alicyclic amines) is 1. The van der Waals surface area contributed by atoms with Crippen molar-refractivity contribution in [1.82, 2.24) is 10.2 Å². The number of hydrogen-bond donors (Lipinski definition) is 2. The molecule has 2 N–H and O–H groups in total. The lowest BCUT2D eigenvalue weighted by atomic mass is 10.0. The van der Waals surface area contributed by atoms with Crippen LogP contribution in [0, 0.1) is 5.92 Å². The van der Waals surface area contributed by atoms with Crippen LogP contribution < -0.4 is 5.32 Å². The quantitative estimate of drug-likeness (QED) is 0.851. The number of nitrogens with zero attached hydrogens (tertiary/aromatic N) is 1. The fourth-order valence-corrected chi connectivity index (χ4v) is 3.15. The third-order valence-corrected chi connectivity index (χ3v) is 4.30. The fraction of sp³-hybridized carbons (Fsp3) is 0.467. The molecule has 0 aliphatic carbocycles. The fourth-order valence-electron chi connectivity index (χ4n) is 3.15. The second kappa shape index (κ2) is 4.90. The summed E-state index contributed by atoms with van der Waals surface area (Å²) in [6.07, 6.45) is 0.745. The molecule has 0 aromatic heterocycles. The number of rotatable bonds is 2. The molecule has 5 heteroatoms. The molecule has 3 rings (SSSR count). The van der Waals surface area contributed by atoms with Crippen molar-refractivity contribution >= 4 is 11.9 Å². The van der Waals surface area contributed by atoms with E-state index in [2.05, 4.69) is 5.32 Å². The highest BCUT2D eigenvalue weighted by Gasteiger charge is 2.39. The molecule has 1 aromatic rings. The maximum absolute atomic E-state index is 12.5. The molecule has 2 atom stereocenters. The number of nitrogens with one attached hydrogen (secondary N) is 1. The molecule has 0 bridgehead atoms. The summed E-state index contributed by atoms with van der Waals surface area (Å²) in [5, 5.41) is 12.5. The molecule has 2 aliphatic heterocycles. The van der Waals surface area contributed by atoms with Crippen molar-refractivity contribution in [3.8, 4) is 0 Å². The zero-order valence-corrected chi connectivity index (χ0v) is 11.4. The number of aliphatic carboxylic acids is 1. The monoisotopic (exact) mass is 274 g/mol. The lowest BCUT2D eigenvalue weighted by Crippen LogP contribution is -2.42. The van der Waals surface area contributed by atoms with Crippen molar-refractivity contribution in [2.75, 3.05) is 6.54 Å². The molecule has 5 nitrogen and oxygen atoms in total. The molecule has 2 aliphatic rings. The number of carbonyl (C=O) groups excluding carboxylic acids is 1. The molecule has 1 saturated heterocycles. The normalized spacial score (nSPS) is 24.8. The van der Waals surface area contributed by atoms with Gasteiger partial charge in [-0.2, -0.15) is 0 Å². The van der Waals surface area contributed by atoms with Gasteiger partial charge in [0.05, 0.1) is 0 Å². The molecule has 0 spiro atoms. The van der Waals surface area contributed by atoms with Crippen LogP contribution in [0.15, 0.2) is 18.2 Å². The van der Waals surface area contributed by atoms with Gasteiger partial charge in [-0.05, 0) is 35.6 Å². The Labute approximate surface area is 117 Å². The van der Waals surface area contributed by atoms with Gasteiger partial charge < -0.3 is 15.3 Å². The van der Waals surface area contributed by atoms with Gasteiger partial charge in [-0.25, -0.2) is 4.79 Å². The summed E-state index contributed by atoms with van der Waals surface area (Å²) in [5.74, 6) is -1.07. The summed E-state index contributed by atoms with van der Waals surface area (Å²) in [7, 11) is 0. The van der Waals surface area contributed by atoms with E-state index in [1.165, 1.54) is 10.5 Å². The van der Waals surface area contributed by atoms with Crippen molar-refractivity contribution in [3.63, 3.8) is 0 Å². The van der Waals surface area contributed by atoms with Crippen LogP contribution in [-0.4, -0.2) is 34.5 Å². The zero-order valence-electron chi connectivity index (χ0n) is 11.4. The average molecular weight is 274 g/mol. The minimum absolute atomic E-state index is 0.00699. The van der Waals surface area contributed by atoms with Gasteiger partial charge in [0, 0.05) is 25.2 Å². The predicted molar refractivity (Wildman–Crippen MR) is 73.2 cm³/mol. The molecular formula is C15H18N2O3. The standard InChI is InChI=1S/C15H18N2O3/c1-9-4-5-17(13(9)15(19)20)14(18)10-2-3-11-7-16-8-12(11)6-10/h2-3,6,9,13,16H,4-5,7-8H2,1H3,(H,19,20). The largest absolute Gasteiger partial charge is 0.480 e. The summed E-state index contributed by atoms with van der Waals surface area (Å²) in [6, 6.07) is 4.95. The first-order valence-electron chi connectivity index (χ1n) is 6.94. The topological polar surface area (TPSA) is 69.6 Å². The molecule has 2 unspecified atom stereocenters. The summed E-state index contributed by atoms with van der Waals surface area (Å²) in [4.78, 5) is 25.4. The van der Waals surface area contributed by atoms with Crippen LogP contribution in [-0.2, 0) is 17.9 Å².